The Labute approximate surface area is 94.0 Å². The first kappa shape index (κ1) is 9.70. The van der Waals surface area contributed by atoms with Gasteiger partial charge in [-0.25, -0.2) is 0 Å². The van der Waals surface area contributed by atoms with Gasteiger partial charge in [0.2, 0.25) is 0 Å². The molecule has 1 aliphatic heterocycles. The molecule has 3 atom stereocenters. The molecular formula is C13H14O3. The van der Waals surface area contributed by atoms with E-state index in [1.807, 2.05) is 12.1 Å². The third-order valence-electron chi connectivity index (χ3n) is 3.46. The lowest BCUT2D eigenvalue weighted by molar-refractivity contribution is -0.138. The highest BCUT2D eigenvalue weighted by atomic mass is 16.5. The molecule has 0 radical (unpaired) electrons. The molecule has 1 aromatic carbocycles. The number of ether oxygens (including phenoxy) is 1. The zero-order valence-electron chi connectivity index (χ0n) is 9.14. The van der Waals surface area contributed by atoms with Crippen LogP contribution in [0.4, 0.5) is 0 Å². The zero-order chi connectivity index (χ0) is 11.3. The van der Waals surface area contributed by atoms with Gasteiger partial charge in [0, 0.05) is 6.42 Å². The van der Waals surface area contributed by atoms with E-state index in [1.165, 1.54) is 5.56 Å². The molecule has 1 aliphatic carbocycles. The summed E-state index contributed by atoms with van der Waals surface area (Å²) in [6.45, 7) is 2.05. The monoisotopic (exact) mass is 218 g/mol. The number of rotatable bonds is 2. The van der Waals surface area contributed by atoms with Crippen molar-refractivity contribution in [1.82, 2.24) is 0 Å². The second-order valence-corrected chi connectivity index (χ2v) is 4.79. The number of carbonyl (C=O) groups is 1. The maximum atomic E-state index is 10.8. The van der Waals surface area contributed by atoms with Crippen molar-refractivity contribution in [1.29, 1.82) is 0 Å². The van der Waals surface area contributed by atoms with E-state index in [-0.39, 0.29) is 17.9 Å². The quantitative estimate of drug-likeness (QED) is 0.827. The van der Waals surface area contributed by atoms with E-state index >= 15 is 0 Å². The van der Waals surface area contributed by atoms with Crippen LogP contribution in [-0.4, -0.2) is 17.2 Å². The average molecular weight is 218 g/mol. The molecule has 3 nitrogen and oxygen atoms in total. The summed E-state index contributed by atoms with van der Waals surface area (Å²) in [5.74, 6) is 0.343. The first-order chi connectivity index (χ1) is 7.65. The van der Waals surface area contributed by atoms with Crippen LogP contribution in [-0.2, 0) is 11.2 Å². The smallest absolute Gasteiger partial charge is 0.307 e. The SMILES string of the molecule is CC1Cc2cc(C3CC3C(=O)O)ccc2O1. The maximum Gasteiger partial charge on any atom is 0.307 e. The molecule has 0 spiro atoms. The summed E-state index contributed by atoms with van der Waals surface area (Å²) in [7, 11) is 0. The van der Waals surface area contributed by atoms with Crippen LogP contribution < -0.4 is 4.74 Å². The van der Waals surface area contributed by atoms with Crippen molar-refractivity contribution in [3.63, 3.8) is 0 Å². The lowest BCUT2D eigenvalue weighted by atomic mass is 10.0. The summed E-state index contributed by atoms with van der Waals surface area (Å²) in [6, 6.07) is 6.10. The van der Waals surface area contributed by atoms with Crippen molar-refractivity contribution < 1.29 is 14.6 Å². The molecule has 1 saturated carbocycles. The van der Waals surface area contributed by atoms with E-state index in [9.17, 15) is 4.79 Å². The second-order valence-electron chi connectivity index (χ2n) is 4.79. The average Bonchev–Trinajstić information content (AvgIpc) is 2.94. The van der Waals surface area contributed by atoms with E-state index in [1.54, 1.807) is 0 Å². The fraction of sp³-hybridized carbons (Fsp3) is 0.462. The largest absolute Gasteiger partial charge is 0.490 e. The first-order valence-electron chi connectivity index (χ1n) is 5.67. The van der Waals surface area contributed by atoms with Crippen molar-refractivity contribution in [3.05, 3.63) is 29.3 Å². The molecule has 1 N–H and O–H groups in total. The lowest BCUT2D eigenvalue weighted by Gasteiger charge is -2.03. The van der Waals surface area contributed by atoms with E-state index in [0.717, 1.165) is 24.2 Å². The van der Waals surface area contributed by atoms with Crippen LogP contribution in [0.3, 0.4) is 0 Å². The maximum absolute atomic E-state index is 10.8. The Morgan fingerprint density at radius 3 is 3.00 bits per heavy atom. The van der Waals surface area contributed by atoms with Crippen molar-refractivity contribution in [2.45, 2.75) is 31.8 Å². The summed E-state index contributed by atoms with van der Waals surface area (Å²) < 4.78 is 5.62. The van der Waals surface area contributed by atoms with Crippen LogP contribution in [0.1, 0.15) is 30.4 Å². The predicted molar refractivity (Wildman–Crippen MR) is 58.7 cm³/mol. The number of carboxylic acids is 1. The molecule has 1 heterocycles. The second kappa shape index (κ2) is 3.24. The predicted octanol–water partition coefficient (Wildman–Crippen LogP) is 2.20. The van der Waals surface area contributed by atoms with E-state index < -0.39 is 5.97 Å². The number of fused-ring (bicyclic) bond motifs is 1. The summed E-state index contributed by atoms with van der Waals surface area (Å²) in [5.41, 5.74) is 2.38. The molecule has 3 heteroatoms. The molecule has 16 heavy (non-hydrogen) atoms. The molecule has 0 amide bonds. The number of benzene rings is 1. The van der Waals surface area contributed by atoms with E-state index in [2.05, 4.69) is 13.0 Å². The third-order valence-corrected chi connectivity index (χ3v) is 3.46. The van der Waals surface area contributed by atoms with Gasteiger partial charge in [0.15, 0.2) is 0 Å². The van der Waals surface area contributed by atoms with Gasteiger partial charge in [-0.3, -0.25) is 4.79 Å². The van der Waals surface area contributed by atoms with E-state index in [0.29, 0.717) is 0 Å². The zero-order valence-corrected chi connectivity index (χ0v) is 9.14. The van der Waals surface area contributed by atoms with Crippen molar-refractivity contribution >= 4 is 5.97 Å². The number of hydrogen-bond acceptors (Lipinski definition) is 2. The highest BCUT2D eigenvalue weighted by Gasteiger charge is 2.44. The Morgan fingerprint density at radius 1 is 1.50 bits per heavy atom. The summed E-state index contributed by atoms with van der Waals surface area (Å²) >= 11 is 0. The van der Waals surface area contributed by atoms with E-state index in [4.69, 9.17) is 9.84 Å². The fourth-order valence-corrected chi connectivity index (χ4v) is 2.51. The van der Waals surface area contributed by atoms with Crippen LogP contribution in [0.15, 0.2) is 18.2 Å². The number of hydrogen-bond donors (Lipinski definition) is 1. The molecule has 0 aromatic heterocycles. The van der Waals surface area contributed by atoms with Crippen LogP contribution in [0.25, 0.3) is 0 Å². The first-order valence-corrected chi connectivity index (χ1v) is 5.67. The molecule has 1 fully saturated rings. The third kappa shape index (κ3) is 1.47. The molecule has 0 saturated heterocycles. The molecule has 1 aromatic rings. The van der Waals surface area contributed by atoms with Gasteiger partial charge in [0.05, 0.1) is 5.92 Å². The molecular weight excluding hydrogens is 204 g/mol. The van der Waals surface area contributed by atoms with Gasteiger partial charge in [-0.2, -0.15) is 0 Å². The molecule has 3 unspecified atom stereocenters. The van der Waals surface area contributed by atoms with Crippen LogP contribution in [0.5, 0.6) is 5.75 Å². The lowest BCUT2D eigenvalue weighted by Crippen LogP contribution is -2.05. The van der Waals surface area contributed by atoms with Crippen LogP contribution >= 0.6 is 0 Å². The minimum atomic E-state index is -0.671. The van der Waals surface area contributed by atoms with Gasteiger partial charge in [-0.15, -0.1) is 0 Å². The van der Waals surface area contributed by atoms with Gasteiger partial charge in [0.1, 0.15) is 11.9 Å². The summed E-state index contributed by atoms with van der Waals surface area (Å²) in [5, 5.41) is 8.90. The highest BCUT2D eigenvalue weighted by molar-refractivity contribution is 5.75. The minimum Gasteiger partial charge on any atom is -0.490 e. The number of carboxylic acid groups (broad SMARTS) is 1. The van der Waals surface area contributed by atoms with Gasteiger partial charge in [-0.1, -0.05) is 12.1 Å². The Hall–Kier alpha value is -1.51. The van der Waals surface area contributed by atoms with Gasteiger partial charge < -0.3 is 9.84 Å². The Kier molecular flexibility index (Phi) is 1.96. The summed E-state index contributed by atoms with van der Waals surface area (Å²) in [6.07, 6.45) is 1.97. The normalized spacial score (nSPS) is 30.7. The molecule has 2 aliphatic rings. The summed E-state index contributed by atoms with van der Waals surface area (Å²) in [4.78, 5) is 10.8. The molecule has 84 valence electrons. The topological polar surface area (TPSA) is 46.5 Å². The Balaban J connectivity index is 1.84. The Morgan fingerprint density at radius 2 is 2.31 bits per heavy atom. The fourth-order valence-electron chi connectivity index (χ4n) is 2.51. The highest BCUT2D eigenvalue weighted by Crippen LogP contribution is 2.48. The molecule has 3 rings (SSSR count). The van der Waals surface area contributed by atoms with Gasteiger partial charge in [0.25, 0.3) is 0 Å². The molecule has 0 bridgehead atoms. The minimum absolute atomic E-state index is 0.169. The van der Waals surface area contributed by atoms with Crippen molar-refractivity contribution in [2.24, 2.45) is 5.92 Å². The van der Waals surface area contributed by atoms with Gasteiger partial charge >= 0.3 is 5.97 Å². The Bertz CT molecular complexity index is 452. The van der Waals surface area contributed by atoms with Crippen molar-refractivity contribution in [3.8, 4) is 5.75 Å². The van der Waals surface area contributed by atoms with Crippen LogP contribution in [0.2, 0.25) is 0 Å². The van der Waals surface area contributed by atoms with Gasteiger partial charge in [-0.05, 0) is 36.5 Å². The standard InChI is InChI=1S/C13H14O3/c1-7-4-9-5-8(2-3-12(9)16-7)10-6-11(10)13(14)15/h2-3,5,7,10-11H,4,6H2,1H3,(H,14,15). The number of aliphatic carboxylic acids is 1. The van der Waals surface area contributed by atoms with Crippen molar-refractivity contribution in [2.75, 3.05) is 0 Å². The van der Waals surface area contributed by atoms with Crippen LogP contribution in [0, 0.1) is 5.92 Å².